The Hall–Kier alpha value is -2.34. The van der Waals surface area contributed by atoms with Gasteiger partial charge in [0.2, 0.25) is 5.91 Å². The zero-order chi connectivity index (χ0) is 16.0. The number of amides is 1. The van der Waals surface area contributed by atoms with E-state index in [0.29, 0.717) is 11.6 Å². The minimum Gasteiger partial charge on any atom is -0.302 e. The van der Waals surface area contributed by atoms with Gasteiger partial charge in [0.1, 0.15) is 6.17 Å². The van der Waals surface area contributed by atoms with Crippen molar-refractivity contribution in [1.29, 1.82) is 0 Å². The Morgan fingerprint density at radius 3 is 2.96 bits per heavy atom. The first-order chi connectivity index (χ1) is 11.1. The number of rotatable bonds is 3. The molecule has 1 aromatic carbocycles. The highest BCUT2D eigenvalue weighted by Gasteiger charge is 2.43. The van der Waals surface area contributed by atoms with E-state index in [9.17, 15) is 9.18 Å². The van der Waals surface area contributed by atoms with Crippen LogP contribution >= 0.6 is 11.3 Å². The molecule has 1 unspecified atom stereocenters. The molecule has 1 amide bonds. The number of hydrogen-bond acceptors (Lipinski definition) is 4. The fourth-order valence-corrected chi connectivity index (χ4v) is 3.45. The molecule has 0 saturated heterocycles. The van der Waals surface area contributed by atoms with E-state index in [2.05, 4.69) is 15.3 Å². The number of nitrogens with one attached hydrogen (secondary N) is 1. The zero-order valence-corrected chi connectivity index (χ0v) is 13.2. The summed E-state index contributed by atoms with van der Waals surface area (Å²) in [6.07, 6.45) is 2.94. The maximum atomic E-state index is 12.9. The first kappa shape index (κ1) is 14.3. The van der Waals surface area contributed by atoms with Gasteiger partial charge in [-0.15, -0.1) is 0 Å². The summed E-state index contributed by atoms with van der Waals surface area (Å²) >= 11 is 1.40. The summed E-state index contributed by atoms with van der Waals surface area (Å²) in [5.74, 6) is -0.782. The molecular formula is C17H14FN3OS. The second-order valence-electron chi connectivity index (χ2n) is 5.74. The highest BCUT2D eigenvalue weighted by atomic mass is 32.1. The molecule has 6 heteroatoms. The molecule has 23 heavy (non-hydrogen) atoms. The second kappa shape index (κ2) is 5.38. The first-order valence-corrected chi connectivity index (χ1v) is 8.20. The van der Waals surface area contributed by atoms with Crippen molar-refractivity contribution in [2.75, 3.05) is 5.32 Å². The summed E-state index contributed by atoms with van der Waals surface area (Å²) in [5.41, 5.74) is 4.12. The first-order valence-electron chi connectivity index (χ1n) is 7.38. The highest BCUT2D eigenvalue weighted by Crippen LogP contribution is 2.36. The fraction of sp³-hybridized carbons (Fsp3) is 0.235. The predicted octanol–water partition coefficient (Wildman–Crippen LogP) is 3.96. The predicted molar refractivity (Wildman–Crippen MR) is 89.2 cm³/mol. The number of halogens is 1. The second-order valence-corrected chi connectivity index (χ2v) is 6.77. The van der Waals surface area contributed by atoms with Crippen molar-refractivity contribution in [3.05, 3.63) is 42.2 Å². The van der Waals surface area contributed by atoms with Gasteiger partial charge in [0, 0.05) is 18.0 Å². The molecule has 1 aliphatic carbocycles. The van der Waals surface area contributed by atoms with Crippen molar-refractivity contribution in [1.82, 2.24) is 9.97 Å². The standard InChI is InChI=1S/C17H14FN3OS/c1-9-4-5-19-8-12(9)10-2-3-14-15(6-10)23-17(20-14)21-16(22)11-7-13(11)18/h2-6,8,11,13H,7H2,1H3,(H,20,21,22)/t11-,13?/m0/s1. The number of aromatic nitrogens is 2. The highest BCUT2D eigenvalue weighted by molar-refractivity contribution is 7.22. The lowest BCUT2D eigenvalue weighted by atomic mass is 10.0. The van der Waals surface area contributed by atoms with Gasteiger partial charge < -0.3 is 5.32 Å². The van der Waals surface area contributed by atoms with Crippen molar-refractivity contribution < 1.29 is 9.18 Å². The number of hydrogen-bond donors (Lipinski definition) is 1. The van der Waals surface area contributed by atoms with E-state index in [1.807, 2.05) is 37.4 Å². The van der Waals surface area contributed by atoms with Crippen LogP contribution in [-0.2, 0) is 4.79 Å². The largest absolute Gasteiger partial charge is 0.302 e. The third-order valence-electron chi connectivity index (χ3n) is 4.02. The SMILES string of the molecule is Cc1ccncc1-c1ccc2nc(NC(=O)[C@H]3CC3F)sc2c1. The minimum atomic E-state index is -0.996. The van der Waals surface area contributed by atoms with Crippen molar-refractivity contribution in [3.8, 4) is 11.1 Å². The average Bonchev–Trinajstić information content (AvgIpc) is 3.13. The van der Waals surface area contributed by atoms with Gasteiger partial charge in [-0.3, -0.25) is 9.78 Å². The van der Waals surface area contributed by atoms with Gasteiger partial charge in [-0.2, -0.15) is 0 Å². The van der Waals surface area contributed by atoms with Crippen LogP contribution in [0.15, 0.2) is 36.7 Å². The van der Waals surface area contributed by atoms with Gasteiger partial charge in [0.05, 0.1) is 16.1 Å². The van der Waals surface area contributed by atoms with Crippen LogP contribution in [0.3, 0.4) is 0 Å². The molecule has 2 aromatic heterocycles. The van der Waals surface area contributed by atoms with E-state index in [-0.39, 0.29) is 5.91 Å². The van der Waals surface area contributed by atoms with Gasteiger partial charge in [0.25, 0.3) is 0 Å². The number of pyridine rings is 1. The quantitative estimate of drug-likeness (QED) is 0.792. The van der Waals surface area contributed by atoms with Gasteiger partial charge in [0.15, 0.2) is 5.13 Å². The van der Waals surface area contributed by atoms with E-state index < -0.39 is 12.1 Å². The molecule has 2 heterocycles. The number of fused-ring (bicyclic) bond motifs is 1. The van der Waals surface area contributed by atoms with E-state index in [0.717, 1.165) is 26.9 Å². The van der Waals surface area contributed by atoms with E-state index in [1.165, 1.54) is 11.3 Å². The minimum absolute atomic E-state index is 0.278. The van der Waals surface area contributed by atoms with Crippen LogP contribution in [0.25, 0.3) is 21.3 Å². The Morgan fingerprint density at radius 1 is 1.39 bits per heavy atom. The molecule has 2 atom stereocenters. The number of alkyl halides is 1. The molecular weight excluding hydrogens is 313 g/mol. The van der Waals surface area contributed by atoms with Crippen LogP contribution in [0.4, 0.5) is 9.52 Å². The third-order valence-corrected chi connectivity index (χ3v) is 4.95. The van der Waals surface area contributed by atoms with Gasteiger partial charge in [-0.05, 0) is 42.7 Å². The molecule has 1 saturated carbocycles. The van der Waals surface area contributed by atoms with Crippen molar-refractivity contribution in [2.45, 2.75) is 19.5 Å². The molecule has 4 nitrogen and oxygen atoms in total. The van der Waals surface area contributed by atoms with Crippen molar-refractivity contribution in [2.24, 2.45) is 5.92 Å². The van der Waals surface area contributed by atoms with Gasteiger partial charge in [-0.1, -0.05) is 17.4 Å². The van der Waals surface area contributed by atoms with Crippen LogP contribution < -0.4 is 5.32 Å². The van der Waals surface area contributed by atoms with E-state index in [4.69, 9.17) is 0 Å². The third kappa shape index (κ3) is 2.70. The van der Waals surface area contributed by atoms with E-state index >= 15 is 0 Å². The lowest BCUT2D eigenvalue weighted by Crippen LogP contribution is -2.14. The van der Waals surface area contributed by atoms with Crippen LogP contribution in [-0.4, -0.2) is 22.0 Å². The Kier molecular flexibility index (Phi) is 3.34. The van der Waals surface area contributed by atoms with E-state index in [1.54, 1.807) is 6.20 Å². The van der Waals surface area contributed by atoms with Crippen molar-refractivity contribution >= 4 is 32.6 Å². The Labute approximate surface area is 136 Å². The van der Waals surface area contributed by atoms with Crippen LogP contribution in [0, 0.1) is 12.8 Å². The lowest BCUT2D eigenvalue weighted by molar-refractivity contribution is -0.117. The monoisotopic (exact) mass is 327 g/mol. The summed E-state index contributed by atoms with van der Waals surface area (Å²) in [6.45, 7) is 2.04. The van der Waals surface area contributed by atoms with Gasteiger partial charge in [-0.25, -0.2) is 9.37 Å². The molecule has 4 rings (SSSR count). The lowest BCUT2D eigenvalue weighted by Gasteiger charge is -2.04. The summed E-state index contributed by atoms with van der Waals surface area (Å²) in [6, 6.07) is 7.94. The number of carbonyl (C=O) groups is 1. The molecule has 1 aliphatic rings. The zero-order valence-electron chi connectivity index (χ0n) is 12.4. The number of nitrogens with zero attached hydrogens (tertiary/aromatic N) is 2. The summed E-state index contributed by atoms with van der Waals surface area (Å²) in [5, 5.41) is 3.23. The molecule has 3 aromatic rings. The summed E-state index contributed by atoms with van der Waals surface area (Å²) in [4.78, 5) is 20.4. The topological polar surface area (TPSA) is 54.9 Å². The number of thiazole rings is 1. The Bertz CT molecular complexity index is 908. The fourth-order valence-electron chi connectivity index (χ4n) is 2.55. The van der Waals surface area contributed by atoms with Crippen LogP contribution in [0.1, 0.15) is 12.0 Å². The molecule has 0 aliphatic heterocycles. The number of anilines is 1. The summed E-state index contributed by atoms with van der Waals surface area (Å²) in [7, 11) is 0. The summed E-state index contributed by atoms with van der Waals surface area (Å²) < 4.78 is 13.9. The number of aryl methyl sites for hydroxylation is 1. The average molecular weight is 327 g/mol. The van der Waals surface area contributed by atoms with Crippen LogP contribution in [0.2, 0.25) is 0 Å². The molecule has 0 radical (unpaired) electrons. The number of benzene rings is 1. The van der Waals surface area contributed by atoms with Gasteiger partial charge >= 0.3 is 0 Å². The normalized spacial score (nSPS) is 19.7. The van der Waals surface area contributed by atoms with Crippen LogP contribution in [0.5, 0.6) is 0 Å². The smallest absolute Gasteiger partial charge is 0.232 e. The maximum Gasteiger partial charge on any atom is 0.232 e. The molecule has 116 valence electrons. The maximum absolute atomic E-state index is 12.9. The molecule has 1 N–H and O–H groups in total. The Morgan fingerprint density at radius 2 is 2.22 bits per heavy atom. The van der Waals surface area contributed by atoms with Crippen molar-refractivity contribution in [3.63, 3.8) is 0 Å². The Balaban J connectivity index is 1.64. The molecule has 0 spiro atoms. The number of carbonyl (C=O) groups excluding carboxylic acids is 1. The molecule has 0 bridgehead atoms. The molecule has 1 fully saturated rings.